The lowest BCUT2D eigenvalue weighted by Gasteiger charge is -2.30. The number of amides is 2. The van der Waals surface area contributed by atoms with Crippen molar-refractivity contribution < 1.29 is 23.1 Å². The summed E-state index contributed by atoms with van der Waals surface area (Å²) < 4.78 is 23.0. The van der Waals surface area contributed by atoms with Crippen LogP contribution in [0.25, 0.3) is 0 Å². The molecule has 1 aliphatic carbocycles. The van der Waals surface area contributed by atoms with Crippen molar-refractivity contribution >= 4 is 21.8 Å². The van der Waals surface area contributed by atoms with Crippen molar-refractivity contribution in [3.63, 3.8) is 0 Å². The van der Waals surface area contributed by atoms with Crippen LogP contribution in [0, 0.1) is 5.92 Å². The first-order valence-electron chi connectivity index (χ1n) is 6.75. The minimum atomic E-state index is -3.09. The molecule has 2 fully saturated rings. The van der Waals surface area contributed by atoms with Gasteiger partial charge in [-0.2, -0.15) is 0 Å². The van der Waals surface area contributed by atoms with Gasteiger partial charge in [-0.05, 0) is 32.1 Å². The lowest BCUT2D eigenvalue weighted by Crippen LogP contribution is -2.57. The molecule has 7 nitrogen and oxygen atoms in total. The second-order valence-corrected chi connectivity index (χ2v) is 8.01. The maximum absolute atomic E-state index is 12.2. The summed E-state index contributed by atoms with van der Waals surface area (Å²) in [5.41, 5.74) is -1.26. The molecule has 2 rings (SSSR count). The molecule has 1 saturated heterocycles. The molecule has 1 unspecified atom stereocenters. The zero-order valence-electron chi connectivity index (χ0n) is 11.5. The normalized spacial score (nSPS) is 25.4. The van der Waals surface area contributed by atoms with E-state index in [1.54, 1.807) is 0 Å². The van der Waals surface area contributed by atoms with Crippen LogP contribution >= 0.6 is 0 Å². The van der Waals surface area contributed by atoms with Crippen LogP contribution in [0.15, 0.2) is 0 Å². The third-order valence-corrected chi connectivity index (χ3v) is 5.76. The van der Waals surface area contributed by atoms with Crippen molar-refractivity contribution in [2.24, 2.45) is 5.92 Å². The largest absolute Gasteiger partial charge is 0.480 e. The summed E-state index contributed by atoms with van der Waals surface area (Å²) in [6.07, 6.45) is 1.97. The molecular formula is C12H20N2O5S. The van der Waals surface area contributed by atoms with Crippen molar-refractivity contribution in [2.45, 2.75) is 31.7 Å². The van der Waals surface area contributed by atoms with Gasteiger partial charge in [-0.25, -0.2) is 18.0 Å². The van der Waals surface area contributed by atoms with Gasteiger partial charge in [-0.1, -0.05) is 0 Å². The molecule has 1 saturated carbocycles. The summed E-state index contributed by atoms with van der Waals surface area (Å²) in [6.45, 7) is 1.97. The summed E-state index contributed by atoms with van der Waals surface area (Å²) in [4.78, 5) is 24.9. The van der Waals surface area contributed by atoms with Gasteiger partial charge in [0.25, 0.3) is 0 Å². The van der Waals surface area contributed by atoms with Crippen LogP contribution < -0.4 is 5.32 Å². The number of carbonyl (C=O) groups excluding carboxylic acids is 1. The van der Waals surface area contributed by atoms with Crippen LogP contribution in [0.4, 0.5) is 4.79 Å². The van der Waals surface area contributed by atoms with E-state index in [2.05, 4.69) is 5.32 Å². The number of nitrogens with one attached hydrogen (secondary N) is 1. The van der Waals surface area contributed by atoms with Crippen molar-refractivity contribution in [2.75, 3.05) is 24.6 Å². The zero-order chi connectivity index (χ0) is 15.0. The molecule has 2 aliphatic rings. The van der Waals surface area contributed by atoms with Crippen LogP contribution in [0.2, 0.25) is 0 Å². The maximum Gasteiger partial charge on any atom is 0.329 e. The average Bonchev–Trinajstić information content (AvgIpc) is 3.15. The molecule has 0 aromatic heterocycles. The molecular weight excluding hydrogens is 284 g/mol. The molecule has 0 aromatic rings. The summed E-state index contributed by atoms with van der Waals surface area (Å²) in [5.74, 6) is -1.07. The molecule has 2 amide bonds. The van der Waals surface area contributed by atoms with Crippen LogP contribution in [0.1, 0.15) is 26.2 Å². The number of nitrogens with zero attached hydrogens (tertiary/aromatic N) is 1. The average molecular weight is 304 g/mol. The third kappa shape index (κ3) is 3.23. The first kappa shape index (κ1) is 15.1. The summed E-state index contributed by atoms with van der Waals surface area (Å²) >= 11 is 0. The number of rotatable bonds is 3. The standard InChI is InChI=1S/C12H20N2O5S/c1-12(10(15)16,9-3-4-9)13-11(17)14-5-2-7-20(18,19)8-6-14/h9H,2-8H2,1H3,(H,13,17)(H,15,16). The highest BCUT2D eigenvalue weighted by molar-refractivity contribution is 7.91. The lowest BCUT2D eigenvalue weighted by molar-refractivity contribution is -0.144. The molecule has 1 aliphatic heterocycles. The molecule has 20 heavy (non-hydrogen) atoms. The van der Waals surface area contributed by atoms with E-state index in [-0.39, 0.29) is 24.0 Å². The highest BCUT2D eigenvalue weighted by atomic mass is 32.2. The highest BCUT2D eigenvalue weighted by Gasteiger charge is 2.49. The predicted molar refractivity (Wildman–Crippen MR) is 72.1 cm³/mol. The van der Waals surface area contributed by atoms with Gasteiger partial charge >= 0.3 is 12.0 Å². The zero-order valence-corrected chi connectivity index (χ0v) is 12.3. The lowest BCUT2D eigenvalue weighted by atomic mass is 9.96. The number of hydrogen-bond acceptors (Lipinski definition) is 4. The molecule has 0 aromatic carbocycles. The van der Waals surface area contributed by atoms with Gasteiger partial charge in [-0.3, -0.25) is 0 Å². The molecule has 0 radical (unpaired) electrons. The Balaban J connectivity index is 2.02. The van der Waals surface area contributed by atoms with Gasteiger partial charge in [0.2, 0.25) is 0 Å². The third-order valence-electron chi connectivity index (χ3n) is 4.05. The monoisotopic (exact) mass is 304 g/mol. The van der Waals surface area contributed by atoms with E-state index in [4.69, 9.17) is 0 Å². The van der Waals surface area contributed by atoms with E-state index in [1.165, 1.54) is 11.8 Å². The van der Waals surface area contributed by atoms with E-state index in [0.717, 1.165) is 12.8 Å². The summed E-state index contributed by atoms with van der Waals surface area (Å²) in [7, 11) is -3.09. The fourth-order valence-electron chi connectivity index (χ4n) is 2.43. The SMILES string of the molecule is CC(NC(=O)N1CCCS(=O)(=O)CC1)(C(=O)O)C1CC1. The fourth-order valence-corrected chi connectivity index (χ4v) is 3.71. The minimum absolute atomic E-state index is 0.0420. The number of carboxylic acids is 1. The minimum Gasteiger partial charge on any atom is -0.480 e. The number of urea groups is 1. The molecule has 114 valence electrons. The fraction of sp³-hybridized carbons (Fsp3) is 0.833. The van der Waals surface area contributed by atoms with Crippen molar-refractivity contribution in [1.29, 1.82) is 0 Å². The van der Waals surface area contributed by atoms with E-state index < -0.39 is 27.4 Å². The number of carboxylic acid groups (broad SMARTS) is 1. The molecule has 0 spiro atoms. The highest BCUT2D eigenvalue weighted by Crippen LogP contribution is 2.39. The van der Waals surface area contributed by atoms with Crippen LogP contribution in [0.3, 0.4) is 0 Å². The second-order valence-electron chi connectivity index (χ2n) is 5.70. The van der Waals surface area contributed by atoms with Gasteiger partial charge < -0.3 is 15.3 Å². The van der Waals surface area contributed by atoms with Gasteiger partial charge in [0.15, 0.2) is 9.84 Å². The first-order valence-corrected chi connectivity index (χ1v) is 8.58. The molecule has 1 atom stereocenters. The van der Waals surface area contributed by atoms with Gasteiger partial charge in [0.05, 0.1) is 11.5 Å². The Morgan fingerprint density at radius 3 is 2.45 bits per heavy atom. The topological polar surface area (TPSA) is 104 Å². The molecule has 8 heteroatoms. The van der Waals surface area contributed by atoms with E-state index in [0.29, 0.717) is 13.0 Å². The van der Waals surface area contributed by atoms with Crippen molar-refractivity contribution in [3.8, 4) is 0 Å². The first-order chi connectivity index (χ1) is 9.24. The molecule has 0 bridgehead atoms. The van der Waals surface area contributed by atoms with Gasteiger partial charge in [-0.15, -0.1) is 0 Å². The van der Waals surface area contributed by atoms with E-state index in [1.807, 2.05) is 0 Å². The van der Waals surface area contributed by atoms with Crippen molar-refractivity contribution in [3.05, 3.63) is 0 Å². The second kappa shape index (κ2) is 5.23. The predicted octanol–water partition coefficient (Wildman–Crippen LogP) is 0.0698. The van der Waals surface area contributed by atoms with Crippen LogP contribution in [0.5, 0.6) is 0 Å². The summed E-state index contributed by atoms with van der Waals surface area (Å²) in [6, 6.07) is -0.487. The summed E-state index contributed by atoms with van der Waals surface area (Å²) in [5, 5.41) is 11.9. The Bertz CT molecular complexity index is 514. The maximum atomic E-state index is 12.2. The molecule has 2 N–H and O–H groups in total. The van der Waals surface area contributed by atoms with E-state index >= 15 is 0 Å². The van der Waals surface area contributed by atoms with Gasteiger partial charge in [0, 0.05) is 13.1 Å². The van der Waals surface area contributed by atoms with Crippen molar-refractivity contribution in [1.82, 2.24) is 10.2 Å². The molecule has 1 heterocycles. The van der Waals surface area contributed by atoms with Gasteiger partial charge in [0.1, 0.15) is 5.54 Å². The Morgan fingerprint density at radius 1 is 1.25 bits per heavy atom. The number of sulfone groups is 1. The number of carbonyl (C=O) groups is 2. The Hall–Kier alpha value is -1.31. The smallest absolute Gasteiger partial charge is 0.329 e. The number of hydrogen-bond donors (Lipinski definition) is 2. The Morgan fingerprint density at radius 2 is 1.90 bits per heavy atom. The number of aliphatic carboxylic acids is 1. The Labute approximate surface area is 118 Å². The van der Waals surface area contributed by atoms with Crippen LogP contribution in [-0.4, -0.2) is 60.6 Å². The van der Waals surface area contributed by atoms with E-state index in [9.17, 15) is 23.1 Å². The quantitative estimate of drug-likeness (QED) is 0.768. The Kier molecular flexibility index (Phi) is 3.95. The van der Waals surface area contributed by atoms with Crippen LogP contribution in [-0.2, 0) is 14.6 Å².